The molecule has 2 aliphatic rings. The van der Waals surface area contributed by atoms with Crippen LogP contribution in [0.1, 0.15) is 36.0 Å². The number of nitrogen functional groups attached to an aromatic ring is 1. The molecule has 5 heteroatoms. The minimum Gasteiger partial charge on any atom is -0.465 e. The van der Waals surface area contributed by atoms with Crippen LogP contribution in [-0.2, 0) is 4.74 Å². The van der Waals surface area contributed by atoms with Gasteiger partial charge in [-0.1, -0.05) is 0 Å². The molecule has 2 aliphatic carbocycles. The van der Waals surface area contributed by atoms with Gasteiger partial charge >= 0.3 is 5.97 Å². The molecule has 0 saturated heterocycles. The summed E-state index contributed by atoms with van der Waals surface area (Å²) in [5.41, 5.74) is 6.58. The maximum atomic E-state index is 11.8. The number of nitrogens with zero attached hydrogens (tertiary/aromatic N) is 1. The average Bonchev–Trinajstić information content (AvgIpc) is 3.32. The molecule has 3 rings (SSSR count). The average molecular weight is 275 g/mol. The zero-order valence-corrected chi connectivity index (χ0v) is 11.8. The lowest BCUT2D eigenvalue weighted by Crippen LogP contribution is -2.20. The lowest BCUT2D eigenvalue weighted by molar-refractivity contribution is 0.0601. The van der Waals surface area contributed by atoms with Crippen LogP contribution in [0.15, 0.2) is 12.3 Å². The van der Waals surface area contributed by atoms with E-state index in [4.69, 9.17) is 10.5 Å². The van der Waals surface area contributed by atoms with Gasteiger partial charge in [0.05, 0.1) is 19.0 Å². The number of hydrogen-bond donors (Lipinski definition) is 2. The molecule has 0 radical (unpaired) electrons. The van der Waals surface area contributed by atoms with Crippen molar-refractivity contribution in [2.45, 2.75) is 25.7 Å². The van der Waals surface area contributed by atoms with Crippen LogP contribution in [-0.4, -0.2) is 24.6 Å². The first kappa shape index (κ1) is 13.2. The summed E-state index contributed by atoms with van der Waals surface area (Å²) in [6.45, 7) is 0.885. The molecule has 0 unspecified atom stereocenters. The summed E-state index contributed by atoms with van der Waals surface area (Å²) >= 11 is 0. The second-order valence-corrected chi connectivity index (χ2v) is 5.88. The molecular weight excluding hydrogens is 254 g/mol. The monoisotopic (exact) mass is 275 g/mol. The topological polar surface area (TPSA) is 77.2 Å². The molecule has 20 heavy (non-hydrogen) atoms. The highest BCUT2D eigenvalue weighted by Gasteiger charge is 2.41. The van der Waals surface area contributed by atoms with Gasteiger partial charge in [0, 0.05) is 6.54 Å². The van der Waals surface area contributed by atoms with Gasteiger partial charge in [0.15, 0.2) is 0 Å². The number of carbonyl (C=O) groups excluding carboxylic acids is 1. The van der Waals surface area contributed by atoms with Gasteiger partial charge < -0.3 is 15.8 Å². The normalized spacial score (nSPS) is 18.1. The molecule has 5 nitrogen and oxygen atoms in total. The van der Waals surface area contributed by atoms with Gasteiger partial charge in [-0.25, -0.2) is 9.78 Å². The number of nitrogens with one attached hydrogen (secondary N) is 1. The van der Waals surface area contributed by atoms with Crippen molar-refractivity contribution >= 4 is 17.5 Å². The van der Waals surface area contributed by atoms with Crippen molar-refractivity contribution in [1.29, 1.82) is 0 Å². The van der Waals surface area contributed by atoms with E-state index in [2.05, 4.69) is 10.3 Å². The number of aromatic nitrogens is 1. The van der Waals surface area contributed by atoms with Crippen molar-refractivity contribution in [2.24, 2.45) is 17.8 Å². The van der Waals surface area contributed by atoms with Crippen LogP contribution in [0.3, 0.4) is 0 Å². The smallest absolute Gasteiger partial charge is 0.341 e. The van der Waals surface area contributed by atoms with E-state index in [0.717, 1.165) is 24.3 Å². The van der Waals surface area contributed by atoms with Crippen molar-refractivity contribution in [3.63, 3.8) is 0 Å². The third-order valence-electron chi connectivity index (χ3n) is 4.27. The zero-order valence-electron chi connectivity index (χ0n) is 11.8. The number of hydrogen-bond acceptors (Lipinski definition) is 5. The fourth-order valence-corrected chi connectivity index (χ4v) is 2.87. The van der Waals surface area contributed by atoms with E-state index < -0.39 is 5.97 Å². The Balaban J connectivity index is 1.71. The van der Waals surface area contributed by atoms with Crippen LogP contribution in [0.25, 0.3) is 0 Å². The Hall–Kier alpha value is -1.78. The Kier molecular flexibility index (Phi) is 3.51. The van der Waals surface area contributed by atoms with Crippen molar-refractivity contribution in [2.75, 3.05) is 24.7 Å². The highest BCUT2D eigenvalue weighted by Crippen LogP contribution is 2.49. The molecule has 0 amide bonds. The van der Waals surface area contributed by atoms with Crippen molar-refractivity contribution in [3.8, 4) is 0 Å². The maximum Gasteiger partial charge on any atom is 0.341 e. The molecule has 0 aliphatic heterocycles. The van der Waals surface area contributed by atoms with Crippen molar-refractivity contribution in [3.05, 3.63) is 17.8 Å². The van der Waals surface area contributed by atoms with Gasteiger partial charge in [-0.05, 0) is 49.5 Å². The molecule has 1 aromatic heterocycles. The summed E-state index contributed by atoms with van der Waals surface area (Å²) in [5.74, 6) is 2.63. The highest BCUT2D eigenvalue weighted by atomic mass is 16.5. The molecule has 0 bridgehead atoms. The SMILES string of the molecule is COC(=O)c1cc(N)cnc1NCC(C1CC1)C1CC1. The van der Waals surface area contributed by atoms with Crippen molar-refractivity contribution < 1.29 is 9.53 Å². The lowest BCUT2D eigenvalue weighted by atomic mass is 9.98. The van der Waals surface area contributed by atoms with Crippen LogP contribution in [0.2, 0.25) is 0 Å². The summed E-state index contributed by atoms with van der Waals surface area (Å²) in [6.07, 6.45) is 6.96. The summed E-state index contributed by atoms with van der Waals surface area (Å²) in [4.78, 5) is 16.0. The van der Waals surface area contributed by atoms with E-state index in [0.29, 0.717) is 17.1 Å². The molecule has 1 aromatic rings. The van der Waals surface area contributed by atoms with Gasteiger partial charge in [0.2, 0.25) is 0 Å². The molecule has 0 spiro atoms. The highest BCUT2D eigenvalue weighted by molar-refractivity contribution is 5.95. The molecule has 2 saturated carbocycles. The van der Waals surface area contributed by atoms with E-state index >= 15 is 0 Å². The Morgan fingerprint density at radius 3 is 2.65 bits per heavy atom. The number of carbonyl (C=O) groups is 1. The van der Waals surface area contributed by atoms with Crippen LogP contribution < -0.4 is 11.1 Å². The molecule has 1 heterocycles. The zero-order chi connectivity index (χ0) is 14.1. The van der Waals surface area contributed by atoms with Crippen LogP contribution in [0, 0.1) is 17.8 Å². The third-order valence-corrected chi connectivity index (χ3v) is 4.27. The third kappa shape index (κ3) is 2.86. The van der Waals surface area contributed by atoms with E-state index in [9.17, 15) is 4.79 Å². The van der Waals surface area contributed by atoms with Crippen LogP contribution in [0.5, 0.6) is 0 Å². The quantitative estimate of drug-likeness (QED) is 0.779. The second kappa shape index (κ2) is 5.31. The fraction of sp³-hybridized carbons (Fsp3) is 0.600. The minimum absolute atomic E-state index is 0.401. The Bertz CT molecular complexity index is 498. The number of esters is 1. The number of pyridine rings is 1. The predicted octanol–water partition coefficient (Wildman–Crippen LogP) is 2.30. The molecule has 108 valence electrons. The molecule has 0 atom stereocenters. The second-order valence-electron chi connectivity index (χ2n) is 5.88. The largest absolute Gasteiger partial charge is 0.465 e. The minimum atomic E-state index is -0.401. The van der Waals surface area contributed by atoms with Crippen LogP contribution in [0.4, 0.5) is 11.5 Å². The number of nitrogens with two attached hydrogens (primary N) is 1. The number of anilines is 2. The number of rotatable bonds is 6. The van der Waals surface area contributed by atoms with Gasteiger partial charge in [-0.15, -0.1) is 0 Å². The molecular formula is C15H21N3O2. The van der Waals surface area contributed by atoms with Crippen LogP contribution >= 0.6 is 0 Å². The first-order chi connectivity index (χ1) is 9.69. The maximum absolute atomic E-state index is 11.8. The first-order valence-corrected chi connectivity index (χ1v) is 7.26. The van der Waals surface area contributed by atoms with Gasteiger partial charge in [-0.3, -0.25) is 0 Å². The predicted molar refractivity (Wildman–Crippen MR) is 77.4 cm³/mol. The molecule has 0 aromatic carbocycles. The number of methoxy groups -OCH3 is 1. The summed E-state index contributed by atoms with van der Waals surface area (Å²) in [5, 5.41) is 3.33. The first-order valence-electron chi connectivity index (χ1n) is 7.26. The standard InChI is InChI=1S/C15H21N3O2/c1-20-15(19)12-6-11(16)7-17-14(12)18-8-13(9-2-3-9)10-4-5-10/h6-7,9-10,13H,2-5,8,16H2,1H3,(H,17,18). The molecule has 2 fully saturated rings. The van der Waals surface area contributed by atoms with Gasteiger partial charge in [0.25, 0.3) is 0 Å². The summed E-state index contributed by atoms with van der Waals surface area (Å²) in [7, 11) is 1.37. The van der Waals surface area contributed by atoms with E-state index in [1.165, 1.54) is 32.8 Å². The fourth-order valence-electron chi connectivity index (χ4n) is 2.87. The lowest BCUT2D eigenvalue weighted by Gasteiger charge is -2.18. The molecule has 3 N–H and O–H groups in total. The summed E-state index contributed by atoms with van der Waals surface area (Å²) < 4.78 is 4.78. The Morgan fingerprint density at radius 1 is 1.45 bits per heavy atom. The van der Waals surface area contributed by atoms with E-state index in [1.807, 2.05) is 0 Å². The number of ether oxygens (including phenoxy) is 1. The van der Waals surface area contributed by atoms with Gasteiger partial charge in [-0.2, -0.15) is 0 Å². The van der Waals surface area contributed by atoms with Crippen molar-refractivity contribution in [1.82, 2.24) is 4.98 Å². The van der Waals surface area contributed by atoms with E-state index in [1.54, 1.807) is 12.3 Å². The van der Waals surface area contributed by atoms with Gasteiger partial charge in [0.1, 0.15) is 11.4 Å². The Labute approximate surface area is 118 Å². The summed E-state index contributed by atoms with van der Waals surface area (Å²) in [6, 6.07) is 1.62. The van der Waals surface area contributed by atoms with E-state index in [-0.39, 0.29) is 0 Å². The Morgan fingerprint density at radius 2 is 2.10 bits per heavy atom.